The number of ketones is 1. The average Bonchev–Trinajstić information content (AvgIpc) is 3.08. The number of rotatable bonds is 5. The minimum atomic E-state index is 0.235. The zero-order valence-electron chi connectivity index (χ0n) is 12.1. The summed E-state index contributed by atoms with van der Waals surface area (Å²) in [5.74, 6) is 0.235. The Labute approximate surface area is 129 Å². The Morgan fingerprint density at radius 1 is 1.29 bits per heavy atom. The van der Waals surface area contributed by atoms with E-state index in [1.807, 2.05) is 41.9 Å². The summed E-state index contributed by atoms with van der Waals surface area (Å²) in [7, 11) is 0. The number of nitrogens with zero attached hydrogens (tertiary/aromatic N) is 2. The van der Waals surface area contributed by atoms with Crippen LogP contribution in [0.2, 0.25) is 0 Å². The van der Waals surface area contributed by atoms with Crippen LogP contribution in [0.15, 0.2) is 41.9 Å². The number of thiazole rings is 1. The van der Waals surface area contributed by atoms with E-state index in [0.29, 0.717) is 12.5 Å². The van der Waals surface area contributed by atoms with Crippen molar-refractivity contribution in [3.63, 3.8) is 0 Å². The van der Waals surface area contributed by atoms with Crippen molar-refractivity contribution in [3.05, 3.63) is 52.5 Å². The van der Waals surface area contributed by atoms with Crippen molar-refractivity contribution in [2.24, 2.45) is 0 Å². The molecule has 110 valence electrons. The maximum absolute atomic E-state index is 12.2. The molecule has 0 spiro atoms. The van der Waals surface area contributed by atoms with Crippen molar-refractivity contribution in [1.29, 1.82) is 0 Å². The molecule has 0 unspecified atom stereocenters. The highest BCUT2D eigenvalue weighted by Gasteiger charge is 2.25. The van der Waals surface area contributed by atoms with E-state index in [1.54, 1.807) is 11.3 Å². The second-order valence-electron chi connectivity index (χ2n) is 5.46. The highest BCUT2D eigenvalue weighted by atomic mass is 32.1. The van der Waals surface area contributed by atoms with Crippen LogP contribution in [0.25, 0.3) is 0 Å². The fraction of sp³-hybridized carbons (Fsp3) is 0.412. The standard InChI is InChI=1S/C17H20N2OS/c20-16(14-6-2-1-3-7-14)9-12-19-11-5-4-8-15(19)17-18-10-13-21-17/h1-3,6-7,10,13,15H,4-5,8-9,11-12H2/t15-/m1/s1. The first kappa shape index (κ1) is 14.4. The Kier molecular flexibility index (Phi) is 4.78. The average molecular weight is 300 g/mol. The fourth-order valence-corrected chi connectivity index (χ4v) is 3.76. The van der Waals surface area contributed by atoms with Gasteiger partial charge in [0.05, 0.1) is 6.04 Å². The summed E-state index contributed by atoms with van der Waals surface area (Å²) in [6.07, 6.45) is 6.11. The van der Waals surface area contributed by atoms with Gasteiger partial charge >= 0.3 is 0 Å². The van der Waals surface area contributed by atoms with Crippen LogP contribution in [0.3, 0.4) is 0 Å². The topological polar surface area (TPSA) is 33.2 Å². The van der Waals surface area contributed by atoms with E-state index in [2.05, 4.69) is 9.88 Å². The van der Waals surface area contributed by atoms with Gasteiger partial charge in [-0.2, -0.15) is 0 Å². The highest BCUT2D eigenvalue weighted by Crippen LogP contribution is 2.32. The predicted octanol–water partition coefficient (Wildman–Crippen LogP) is 3.94. The summed E-state index contributed by atoms with van der Waals surface area (Å²) < 4.78 is 0. The van der Waals surface area contributed by atoms with Gasteiger partial charge in [0.1, 0.15) is 5.01 Å². The lowest BCUT2D eigenvalue weighted by Crippen LogP contribution is -2.35. The third kappa shape index (κ3) is 3.57. The Morgan fingerprint density at radius 3 is 2.90 bits per heavy atom. The zero-order valence-corrected chi connectivity index (χ0v) is 12.9. The molecule has 3 rings (SSSR count). The molecule has 1 atom stereocenters. The van der Waals surface area contributed by atoms with Gasteiger partial charge in [0.2, 0.25) is 0 Å². The Hall–Kier alpha value is -1.52. The van der Waals surface area contributed by atoms with Gasteiger partial charge in [-0.05, 0) is 19.4 Å². The van der Waals surface area contributed by atoms with Gasteiger partial charge in [0, 0.05) is 30.1 Å². The van der Waals surface area contributed by atoms with Gasteiger partial charge in [0.25, 0.3) is 0 Å². The minimum absolute atomic E-state index is 0.235. The molecule has 1 fully saturated rings. The van der Waals surface area contributed by atoms with Crippen LogP contribution in [-0.2, 0) is 0 Å². The number of carbonyl (C=O) groups is 1. The molecule has 1 aromatic heterocycles. The third-order valence-corrected chi connectivity index (χ3v) is 4.95. The lowest BCUT2D eigenvalue weighted by molar-refractivity contribution is 0.0925. The molecule has 0 bridgehead atoms. The lowest BCUT2D eigenvalue weighted by atomic mass is 10.0. The summed E-state index contributed by atoms with van der Waals surface area (Å²) in [5, 5.41) is 3.24. The van der Waals surface area contributed by atoms with Crippen LogP contribution < -0.4 is 0 Å². The predicted molar refractivity (Wildman–Crippen MR) is 85.7 cm³/mol. The number of Topliss-reactive ketones (excluding diaryl/α,β-unsaturated/α-hetero) is 1. The van der Waals surface area contributed by atoms with Gasteiger partial charge in [-0.3, -0.25) is 9.69 Å². The number of carbonyl (C=O) groups excluding carboxylic acids is 1. The number of hydrogen-bond acceptors (Lipinski definition) is 4. The molecule has 2 aromatic rings. The molecule has 0 radical (unpaired) electrons. The molecular weight excluding hydrogens is 280 g/mol. The summed E-state index contributed by atoms with van der Waals surface area (Å²) in [6, 6.07) is 9.99. The van der Waals surface area contributed by atoms with E-state index in [9.17, 15) is 4.79 Å². The number of hydrogen-bond donors (Lipinski definition) is 0. The van der Waals surface area contributed by atoms with E-state index in [0.717, 1.165) is 25.1 Å². The Balaban J connectivity index is 1.62. The monoisotopic (exact) mass is 300 g/mol. The van der Waals surface area contributed by atoms with E-state index >= 15 is 0 Å². The third-order valence-electron chi connectivity index (χ3n) is 4.07. The second kappa shape index (κ2) is 6.96. The summed E-state index contributed by atoms with van der Waals surface area (Å²) in [5.41, 5.74) is 0.820. The van der Waals surface area contributed by atoms with E-state index < -0.39 is 0 Å². The first-order chi connectivity index (χ1) is 10.3. The van der Waals surface area contributed by atoms with Gasteiger partial charge in [-0.1, -0.05) is 36.8 Å². The normalized spacial score (nSPS) is 19.5. The fourth-order valence-electron chi connectivity index (χ4n) is 2.95. The molecule has 0 aliphatic carbocycles. The molecule has 2 heterocycles. The quantitative estimate of drug-likeness (QED) is 0.784. The highest BCUT2D eigenvalue weighted by molar-refractivity contribution is 7.09. The van der Waals surface area contributed by atoms with Crippen LogP contribution in [0, 0.1) is 0 Å². The molecule has 3 nitrogen and oxygen atoms in total. The number of aromatic nitrogens is 1. The largest absolute Gasteiger partial charge is 0.294 e. The summed E-state index contributed by atoms with van der Waals surface area (Å²) in [6.45, 7) is 1.91. The first-order valence-electron chi connectivity index (χ1n) is 7.56. The van der Waals surface area contributed by atoms with Crippen molar-refractivity contribution in [2.45, 2.75) is 31.7 Å². The number of benzene rings is 1. The number of likely N-dealkylation sites (tertiary alicyclic amines) is 1. The van der Waals surface area contributed by atoms with Gasteiger partial charge in [-0.25, -0.2) is 4.98 Å². The molecule has 0 saturated carbocycles. The molecule has 1 aliphatic rings. The van der Waals surface area contributed by atoms with Crippen molar-refractivity contribution in [1.82, 2.24) is 9.88 Å². The van der Waals surface area contributed by atoms with Gasteiger partial charge in [0.15, 0.2) is 5.78 Å². The smallest absolute Gasteiger partial charge is 0.164 e. The molecule has 0 N–H and O–H groups in total. The van der Waals surface area contributed by atoms with Crippen molar-refractivity contribution in [3.8, 4) is 0 Å². The molecule has 21 heavy (non-hydrogen) atoms. The minimum Gasteiger partial charge on any atom is -0.294 e. The van der Waals surface area contributed by atoms with Gasteiger partial charge < -0.3 is 0 Å². The second-order valence-corrected chi connectivity index (χ2v) is 6.38. The molecule has 1 aromatic carbocycles. The van der Waals surface area contributed by atoms with Gasteiger partial charge in [-0.15, -0.1) is 11.3 Å². The summed E-state index contributed by atoms with van der Waals surface area (Å²) in [4.78, 5) is 19.1. The van der Waals surface area contributed by atoms with Crippen LogP contribution in [0.4, 0.5) is 0 Å². The van der Waals surface area contributed by atoms with Crippen LogP contribution in [0.5, 0.6) is 0 Å². The van der Waals surface area contributed by atoms with Crippen molar-refractivity contribution >= 4 is 17.1 Å². The maximum atomic E-state index is 12.2. The molecule has 4 heteroatoms. The maximum Gasteiger partial charge on any atom is 0.164 e. The van der Waals surface area contributed by atoms with E-state index in [1.165, 1.54) is 17.8 Å². The Morgan fingerprint density at radius 2 is 2.14 bits per heavy atom. The van der Waals surface area contributed by atoms with Crippen LogP contribution in [0.1, 0.15) is 47.1 Å². The summed E-state index contributed by atoms with van der Waals surface area (Å²) >= 11 is 1.73. The van der Waals surface area contributed by atoms with Crippen LogP contribution in [-0.4, -0.2) is 28.8 Å². The lowest BCUT2D eigenvalue weighted by Gasteiger charge is -2.34. The molecule has 1 aliphatic heterocycles. The van der Waals surface area contributed by atoms with Crippen molar-refractivity contribution < 1.29 is 4.79 Å². The Bertz CT molecular complexity index is 568. The van der Waals surface area contributed by atoms with E-state index in [-0.39, 0.29) is 5.78 Å². The van der Waals surface area contributed by atoms with Crippen molar-refractivity contribution in [2.75, 3.05) is 13.1 Å². The number of piperidine rings is 1. The zero-order chi connectivity index (χ0) is 14.5. The molecule has 0 amide bonds. The van der Waals surface area contributed by atoms with Crippen LogP contribution >= 0.6 is 11.3 Å². The SMILES string of the molecule is O=C(CCN1CCCC[C@@H]1c1nccs1)c1ccccc1. The first-order valence-corrected chi connectivity index (χ1v) is 8.44. The molecular formula is C17H20N2OS. The van der Waals surface area contributed by atoms with E-state index in [4.69, 9.17) is 0 Å². The molecule has 1 saturated heterocycles.